The van der Waals surface area contributed by atoms with Gasteiger partial charge in [0.25, 0.3) is 22.9 Å². The van der Waals surface area contributed by atoms with E-state index in [1.54, 1.807) is 53.6 Å². The normalized spacial score (nSPS) is 10.8. The Morgan fingerprint density at radius 3 is 1.70 bits per heavy atom. The summed E-state index contributed by atoms with van der Waals surface area (Å²) < 4.78 is 3.87. The minimum absolute atomic E-state index is 0.0162. The molecule has 3 aromatic carbocycles. The van der Waals surface area contributed by atoms with E-state index >= 15 is 0 Å². The summed E-state index contributed by atoms with van der Waals surface area (Å²) in [6, 6.07) is 22.3. The molecular weight excluding hydrogens is 620 g/mol. The Labute approximate surface area is 249 Å². The third-order valence-electron chi connectivity index (χ3n) is 6.21. The molecule has 0 saturated heterocycles. The lowest BCUT2D eigenvalue weighted by molar-refractivity contribution is -0.385. The lowest BCUT2D eigenvalue weighted by Crippen LogP contribution is -1.98. The van der Waals surface area contributed by atoms with E-state index in [1.165, 1.54) is 28.8 Å². The average molecular weight is 637 g/mol. The fraction of sp³-hybridized carbons (Fsp3) is 0. The van der Waals surface area contributed by atoms with Crippen molar-refractivity contribution in [3.63, 3.8) is 0 Å². The maximum Gasteiger partial charge on any atom is 0.270 e. The number of nitro groups is 2. The summed E-state index contributed by atoms with van der Waals surface area (Å²) in [5, 5.41) is 30.2. The van der Waals surface area contributed by atoms with Gasteiger partial charge in [0.2, 0.25) is 0 Å². The highest BCUT2D eigenvalue weighted by atomic mass is 79.9. The number of imidazole rings is 2. The van der Waals surface area contributed by atoms with Crippen molar-refractivity contribution in [1.82, 2.24) is 39.2 Å². The van der Waals surface area contributed by atoms with Crippen LogP contribution < -0.4 is 0 Å². The van der Waals surface area contributed by atoms with Gasteiger partial charge in [0.05, 0.1) is 51.7 Å². The van der Waals surface area contributed by atoms with Gasteiger partial charge in [-0.25, -0.2) is 19.9 Å². The Kier molecular flexibility index (Phi) is 7.28. The number of non-ortho nitro benzene ring substituents is 2. The number of hydrogen-bond acceptors (Lipinski definition) is 10. The Balaban J connectivity index is 0.000000157. The number of benzene rings is 3. The van der Waals surface area contributed by atoms with Gasteiger partial charge in [-0.05, 0) is 15.9 Å². The molecule has 0 aliphatic heterocycles. The lowest BCUT2D eigenvalue weighted by Gasteiger charge is -2.03. The monoisotopic (exact) mass is 636 g/mol. The topological polar surface area (TPSA) is 172 Å². The Bertz CT molecular complexity index is 2130. The number of nitrogens with zero attached hydrogens (tertiary/aromatic N) is 10. The zero-order valence-electron chi connectivity index (χ0n) is 21.8. The number of halogens is 1. The number of hydrogen-bond donors (Lipinski definition) is 0. The number of nitro benzene ring substituents is 2. The molecule has 210 valence electrons. The second kappa shape index (κ2) is 11.5. The number of aromatic nitrogens is 8. The van der Waals surface area contributed by atoms with Crippen LogP contribution in [0.1, 0.15) is 0 Å². The molecule has 0 N–H and O–H groups in total. The minimum atomic E-state index is -0.443. The average Bonchev–Trinajstić information content (AvgIpc) is 3.64. The highest BCUT2D eigenvalue weighted by molar-refractivity contribution is 9.10. The largest absolute Gasteiger partial charge is 0.270 e. The summed E-state index contributed by atoms with van der Waals surface area (Å²) in [6.07, 6.45) is 6.42. The Hall–Kier alpha value is -5.96. The van der Waals surface area contributed by atoms with Gasteiger partial charge in [0, 0.05) is 41.0 Å². The quantitative estimate of drug-likeness (QED) is 0.165. The van der Waals surface area contributed by atoms with Crippen molar-refractivity contribution < 1.29 is 9.85 Å². The number of rotatable bonds is 5. The second-order valence-electron chi connectivity index (χ2n) is 8.91. The van der Waals surface area contributed by atoms with Gasteiger partial charge in [-0.15, -0.1) is 0 Å². The first-order chi connectivity index (χ1) is 20.9. The SMILES string of the molecule is O=[N+]([O-])c1cccc(-c2cnn3c(-c4ccccc4)cnc3n2)c1.O=[N+]([O-])c1cccc(-c2cnn3c(Br)cnc3n2)c1. The van der Waals surface area contributed by atoms with Crippen LogP contribution in [0.5, 0.6) is 0 Å². The third kappa shape index (κ3) is 5.64. The van der Waals surface area contributed by atoms with Gasteiger partial charge < -0.3 is 0 Å². The van der Waals surface area contributed by atoms with Gasteiger partial charge in [-0.3, -0.25) is 20.2 Å². The summed E-state index contributed by atoms with van der Waals surface area (Å²) in [4.78, 5) is 37.9. The number of fused-ring (bicyclic) bond motifs is 2. The van der Waals surface area contributed by atoms with Crippen LogP contribution in [-0.4, -0.2) is 49.0 Å². The van der Waals surface area contributed by atoms with E-state index < -0.39 is 9.85 Å². The van der Waals surface area contributed by atoms with Crippen molar-refractivity contribution in [2.75, 3.05) is 0 Å². The third-order valence-corrected chi connectivity index (χ3v) is 6.75. The van der Waals surface area contributed by atoms with Gasteiger partial charge in [0.1, 0.15) is 4.60 Å². The van der Waals surface area contributed by atoms with Gasteiger partial charge in [-0.1, -0.05) is 54.6 Å². The van der Waals surface area contributed by atoms with E-state index in [1.807, 2.05) is 30.3 Å². The fourth-order valence-electron chi connectivity index (χ4n) is 4.16. The van der Waals surface area contributed by atoms with Crippen LogP contribution in [0.2, 0.25) is 0 Å². The van der Waals surface area contributed by atoms with E-state index in [4.69, 9.17) is 0 Å². The Morgan fingerprint density at radius 1 is 0.605 bits per heavy atom. The molecule has 0 spiro atoms. The zero-order chi connectivity index (χ0) is 29.9. The first-order valence-electron chi connectivity index (χ1n) is 12.5. The minimum Gasteiger partial charge on any atom is -0.258 e. The molecule has 0 radical (unpaired) electrons. The van der Waals surface area contributed by atoms with Crippen LogP contribution in [0.3, 0.4) is 0 Å². The molecule has 7 aromatic rings. The van der Waals surface area contributed by atoms with Crippen LogP contribution in [0, 0.1) is 20.2 Å². The van der Waals surface area contributed by atoms with Crippen LogP contribution in [-0.2, 0) is 0 Å². The molecule has 0 atom stereocenters. The van der Waals surface area contributed by atoms with Crippen molar-refractivity contribution >= 4 is 38.9 Å². The highest BCUT2D eigenvalue weighted by Crippen LogP contribution is 2.25. The first-order valence-corrected chi connectivity index (χ1v) is 13.3. The predicted octanol–water partition coefficient (Wildman–Crippen LogP) is 5.83. The van der Waals surface area contributed by atoms with E-state index in [0.29, 0.717) is 38.7 Å². The molecule has 0 bridgehead atoms. The summed E-state index contributed by atoms with van der Waals surface area (Å²) >= 11 is 3.29. The summed E-state index contributed by atoms with van der Waals surface area (Å²) in [5.74, 6) is 0.869. The van der Waals surface area contributed by atoms with Gasteiger partial charge >= 0.3 is 0 Å². The molecule has 14 nitrogen and oxygen atoms in total. The van der Waals surface area contributed by atoms with Crippen LogP contribution in [0.4, 0.5) is 11.4 Å². The van der Waals surface area contributed by atoms with Gasteiger partial charge in [-0.2, -0.15) is 19.2 Å². The van der Waals surface area contributed by atoms with Crippen LogP contribution >= 0.6 is 15.9 Å². The van der Waals surface area contributed by atoms with E-state index in [2.05, 4.69) is 46.1 Å². The standard InChI is InChI=1S/C17H11N5O2.C11H6BrN5O2/c23-22(24)14-8-4-7-13(9-14)15-10-19-21-16(11-18-17(21)20-15)12-5-2-1-3-6-12;12-10-6-13-11-15-9(5-14-16(10)11)7-2-1-3-8(4-7)17(18)19/h1-11H;1-6H. The molecule has 0 fully saturated rings. The van der Waals surface area contributed by atoms with Crippen molar-refractivity contribution in [3.05, 3.63) is 128 Å². The highest BCUT2D eigenvalue weighted by Gasteiger charge is 2.13. The van der Waals surface area contributed by atoms with E-state index in [0.717, 1.165) is 11.3 Å². The van der Waals surface area contributed by atoms with Gasteiger partial charge in [0.15, 0.2) is 0 Å². The van der Waals surface area contributed by atoms with Crippen molar-refractivity contribution in [3.8, 4) is 33.8 Å². The maximum atomic E-state index is 10.9. The molecule has 43 heavy (non-hydrogen) atoms. The molecule has 0 aliphatic rings. The zero-order valence-corrected chi connectivity index (χ0v) is 23.4. The lowest BCUT2D eigenvalue weighted by atomic mass is 10.1. The van der Waals surface area contributed by atoms with Crippen molar-refractivity contribution in [2.24, 2.45) is 0 Å². The van der Waals surface area contributed by atoms with Crippen molar-refractivity contribution in [1.29, 1.82) is 0 Å². The summed E-state index contributed by atoms with van der Waals surface area (Å²) in [7, 11) is 0. The Morgan fingerprint density at radius 2 is 1.12 bits per heavy atom. The first kappa shape index (κ1) is 27.2. The molecule has 0 aliphatic carbocycles. The van der Waals surface area contributed by atoms with Crippen LogP contribution in [0.25, 0.3) is 45.3 Å². The second-order valence-corrected chi connectivity index (χ2v) is 9.72. The molecule has 0 unspecified atom stereocenters. The molecule has 4 aromatic heterocycles. The van der Waals surface area contributed by atoms with E-state index in [9.17, 15) is 20.2 Å². The molecule has 15 heteroatoms. The van der Waals surface area contributed by atoms with E-state index in [-0.39, 0.29) is 11.4 Å². The molecular formula is C28H17BrN10O4. The summed E-state index contributed by atoms with van der Waals surface area (Å²) in [5.41, 5.74) is 4.19. The summed E-state index contributed by atoms with van der Waals surface area (Å²) in [6.45, 7) is 0. The maximum absolute atomic E-state index is 10.9. The van der Waals surface area contributed by atoms with Crippen LogP contribution in [0.15, 0.2) is 108 Å². The molecule has 7 rings (SSSR count). The molecule has 0 saturated carbocycles. The molecule has 0 amide bonds. The van der Waals surface area contributed by atoms with Crippen molar-refractivity contribution in [2.45, 2.75) is 0 Å². The molecule has 4 heterocycles. The smallest absolute Gasteiger partial charge is 0.258 e. The fourth-order valence-corrected chi connectivity index (χ4v) is 4.52. The predicted molar refractivity (Wildman–Crippen MR) is 159 cm³/mol.